The van der Waals surface area contributed by atoms with Crippen LogP contribution in [0.5, 0.6) is 5.88 Å². The van der Waals surface area contributed by atoms with Crippen LogP contribution in [0.25, 0.3) is 22.2 Å². The number of methoxy groups -OCH3 is 1. The highest BCUT2D eigenvalue weighted by Crippen LogP contribution is 2.24. The highest BCUT2D eigenvalue weighted by Gasteiger charge is 2.11. The van der Waals surface area contributed by atoms with Crippen LogP contribution >= 0.6 is 0 Å². The number of ether oxygens (including phenoxy) is 1. The Hall–Kier alpha value is -4.07. The summed E-state index contributed by atoms with van der Waals surface area (Å²) in [6, 6.07) is 13.4. The lowest BCUT2D eigenvalue weighted by Crippen LogP contribution is -2.18. The number of nitrogens with one attached hydrogen (secondary N) is 2. The molecule has 0 aliphatic carbocycles. The zero-order valence-electron chi connectivity index (χ0n) is 18.2. The molecule has 1 aromatic carbocycles. The number of para-hydroxylation sites is 1. The van der Waals surface area contributed by atoms with Crippen molar-refractivity contribution in [1.29, 1.82) is 0 Å². The van der Waals surface area contributed by atoms with Crippen LogP contribution in [-0.2, 0) is 6.42 Å². The summed E-state index contributed by atoms with van der Waals surface area (Å²) in [4.78, 5) is 29.7. The van der Waals surface area contributed by atoms with E-state index in [0.717, 1.165) is 45.7 Å². The summed E-state index contributed by atoms with van der Waals surface area (Å²) < 4.78 is 5.27. The van der Waals surface area contributed by atoms with E-state index in [1.165, 1.54) is 6.33 Å². The van der Waals surface area contributed by atoms with Crippen molar-refractivity contribution in [3.05, 3.63) is 71.8 Å². The summed E-state index contributed by atoms with van der Waals surface area (Å²) in [5, 5.41) is 6.88. The van der Waals surface area contributed by atoms with Crippen LogP contribution in [0.4, 0.5) is 5.82 Å². The summed E-state index contributed by atoms with van der Waals surface area (Å²) in [5.41, 5.74) is 5.07. The van der Waals surface area contributed by atoms with Crippen LogP contribution in [0.15, 0.2) is 55.0 Å². The van der Waals surface area contributed by atoms with Gasteiger partial charge in [0.2, 0.25) is 5.88 Å². The van der Waals surface area contributed by atoms with E-state index in [4.69, 9.17) is 4.74 Å². The number of amides is 1. The average molecular weight is 428 g/mol. The number of benzene rings is 1. The van der Waals surface area contributed by atoms with Gasteiger partial charge in [-0.2, -0.15) is 0 Å². The maximum Gasteiger partial charge on any atom is 0.251 e. The van der Waals surface area contributed by atoms with Gasteiger partial charge in [0.15, 0.2) is 0 Å². The summed E-state index contributed by atoms with van der Waals surface area (Å²) in [7, 11) is 3.22. The van der Waals surface area contributed by atoms with Crippen molar-refractivity contribution < 1.29 is 9.53 Å². The first-order valence-corrected chi connectivity index (χ1v) is 10.3. The molecule has 0 saturated carbocycles. The van der Waals surface area contributed by atoms with Crippen LogP contribution in [0.1, 0.15) is 21.6 Å². The van der Waals surface area contributed by atoms with Gasteiger partial charge in [-0.15, -0.1) is 0 Å². The number of rotatable bonds is 7. The second kappa shape index (κ2) is 9.38. The monoisotopic (exact) mass is 428 g/mol. The molecule has 2 N–H and O–H groups in total. The lowest BCUT2D eigenvalue weighted by molar-refractivity contribution is 0.0964. The molecule has 1 amide bonds. The molecule has 32 heavy (non-hydrogen) atoms. The third-order valence-electron chi connectivity index (χ3n) is 5.13. The Morgan fingerprint density at radius 3 is 2.78 bits per heavy atom. The molecule has 0 unspecified atom stereocenters. The molecule has 0 aliphatic heterocycles. The molecule has 0 spiro atoms. The molecule has 3 heterocycles. The fourth-order valence-electron chi connectivity index (χ4n) is 3.60. The van der Waals surface area contributed by atoms with E-state index in [9.17, 15) is 4.79 Å². The molecule has 162 valence electrons. The number of anilines is 1. The van der Waals surface area contributed by atoms with Crippen molar-refractivity contribution in [2.24, 2.45) is 0 Å². The largest absolute Gasteiger partial charge is 0.481 e. The first-order valence-electron chi connectivity index (χ1n) is 10.3. The number of hydrogen-bond acceptors (Lipinski definition) is 7. The topological polar surface area (TPSA) is 102 Å². The second-order valence-corrected chi connectivity index (χ2v) is 7.26. The first-order chi connectivity index (χ1) is 15.6. The quantitative estimate of drug-likeness (QED) is 0.465. The molecule has 0 bridgehead atoms. The Kier molecular flexibility index (Phi) is 6.21. The van der Waals surface area contributed by atoms with Crippen LogP contribution < -0.4 is 15.4 Å². The predicted molar refractivity (Wildman–Crippen MR) is 124 cm³/mol. The summed E-state index contributed by atoms with van der Waals surface area (Å²) in [6.07, 6.45) is 3.93. The smallest absolute Gasteiger partial charge is 0.251 e. The zero-order valence-corrected chi connectivity index (χ0v) is 18.2. The Morgan fingerprint density at radius 1 is 1.09 bits per heavy atom. The maximum atomic E-state index is 12.2. The van der Waals surface area contributed by atoms with Gasteiger partial charge < -0.3 is 15.4 Å². The van der Waals surface area contributed by atoms with Gasteiger partial charge in [0, 0.05) is 48.6 Å². The number of pyridine rings is 2. The molecule has 8 heteroatoms. The number of carbonyl (C=O) groups excluding carboxylic acids is 1. The number of nitrogens with zero attached hydrogens (tertiary/aromatic N) is 4. The van der Waals surface area contributed by atoms with E-state index >= 15 is 0 Å². The Morgan fingerprint density at radius 2 is 1.97 bits per heavy atom. The molecule has 0 fully saturated rings. The van der Waals surface area contributed by atoms with Crippen LogP contribution in [0.2, 0.25) is 0 Å². The molecule has 0 atom stereocenters. The van der Waals surface area contributed by atoms with Crippen LogP contribution in [-0.4, -0.2) is 46.5 Å². The van der Waals surface area contributed by atoms with E-state index in [2.05, 4.69) is 30.6 Å². The van der Waals surface area contributed by atoms with E-state index in [1.807, 2.05) is 43.3 Å². The van der Waals surface area contributed by atoms with Gasteiger partial charge in [-0.1, -0.05) is 18.2 Å². The normalized spacial score (nSPS) is 10.7. The minimum absolute atomic E-state index is 0.121. The van der Waals surface area contributed by atoms with E-state index in [1.54, 1.807) is 26.4 Å². The van der Waals surface area contributed by atoms with Gasteiger partial charge in [0.25, 0.3) is 5.91 Å². The number of aryl methyl sites for hydroxylation is 1. The third-order valence-corrected chi connectivity index (χ3v) is 5.13. The summed E-state index contributed by atoms with van der Waals surface area (Å²) >= 11 is 0. The van der Waals surface area contributed by atoms with E-state index in [0.29, 0.717) is 18.0 Å². The lowest BCUT2D eigenvalue weighted by Gasteiger charge is -2.11. The minimum Gasteiger partial charge on any atom is -0.481 e. The highest BCUT2D eigenvalue weighted by atomic mass is 16.5. The van der Waals surface area contributed by atoms with E-state index in [-0.39, 0.29) is 5.91 Å². The zero-order chi connectivity index (χ0) is 22.5. The Balaban J connectivity index is 1.51. The van der Waals surface area contributed by atoms with Gasteiger partial charge in [-0.25, -0.2) is 15.0 Å². The summed E-state index contributed by atoms with van der Waals surface area (Å²) in [6.45, 7) is 2.57. The van der Waals surface area contributed by atoms with Crippen molar-refractivity contribution >= 4 is 22.6 Å². The number of hydrogen-bond donors (Lipinski definition) is 2. The van der Waals surface area contributed by atoms with Crippen molar-refractivity contribution in [3.8, 4) is 17.1 Å². The minimum atomic E-state index is -0.121. The molecular formula is C24H24N6O2. The fraction of sp³-hybridized carbons (Fsp3) is 0.208. The van der Waals surface area contributed by atoms with Gasteiger partial charge in [-0.05, 0) is 31.0 Å². The second-order valence-electron chi connectivity index (χ2n) is 7.26. The molecule has 3 aromatic heterocycles. The molecule has 4 aromatic rings. The number of aromatic nitrogens is 4. The van der Waals surface area contributed by atoms with Crippen LogP contribution in [0, 0.1) is 6.92 Å². The Labute approximate surface area is 186 Å². The molecule has 0 radical (unpaired) electrons. The number of carbonyl (C=O) groups is 1. The highest BCUT2D eigenvalue weighted by molar-refractivity contribution is 6.06. The average Bonchev–Trinajstić information content (AvgIpc) is 2.83. The molecule has 0 aliphatic rings. The SMILES string of the molecule is CNC(=O)c1ccnc2c(CCNc3cc(-c4cc(C)nc(OC)c4)ncn3)cccc12. The van der Waals surface area contributed by atoms with Gasteiger partial charge >= 0.3 is 0 Å². The molecule has 0 saturated heterocycles. The van der Waals surface area contributed by atoms with Crippen molar-refractivity contribution in [3.63, 3.8) is 0 Å². The lowest BCUT2D eigenvalue weighted by atomic mass is 10.0. The van der Waals surface area contributed by atoms with Crippen LogP contribution in [0.3, 0.4) is 0 Å². The molecule has 4 rings (SSSR count). The molecular weight excluding hydrogens is 404 g/mol. The predicted octanol–water partition coefficient (Wildman–Crippen LogP) is 3.42. The summed E-state index contributed by atoms with van der Waals surface area (Å²) in [5.74, 6) is 1.15. The standard InChI is InChI=1S/C24H24N6O2/c1-15-11-17(12-22(30-15)32-3)20-13-21(29-14-28-20)26-9-7-16-5-4-6-18-19(24(31)25-2)8-10-27-23(16)18/h4-6,8,10-14H,7,9H2,1-3H3,(H,25,31)(H,26,28,29). The van der Waals surface area contributed by atoms with Gasteiger partial charge in [0.05, 0.1) is 23.9 Å². The van der Waals surface area contributed by atoms with Gasteiger partial charge in [-0.3, -0.25) is 9.78 Å². The van der Waals surface area contributed by atoms with E-state index < -0.39 is 0 Å². The fourth-order valence-corrected chi connectivity index (χ4v) is 3.60. The maximum absolute atomic E-state index is 12.2. The third kappa shape index (κ3) is 4.49. The van der Waals surface area contributed by atoms with Crippen molar-refractivity contribution in [2.45, 2.75) is 13.3 Å². The molecule has 8 nitrogen and oxygen atoms in total. The first kappa shape index (κ1) is 21.2. The Bertz CT molecular complexity index is 1270. The van der Waals surface area contributed by atoms with Crippen molar-refractivity contribution in [2.75, 3.05) is 26.0 Å². The number of fused-ring (bicyclic) bond motifs is 1. The van der Waals surface area contributed by atoms with Gasteiger partial charge in [0.1, 0.15) is 12.1 Å². The van der Waals surface area contributed by atoms with Crippen molar-refractivity contribution in [1.82, 2.24) is 25.3 Å².